The predicted octanol–water partition coefficient (Wildman–Crippen LogP) is 0.627. The van der Waals surface area contributed by atoms with E-state index in [1.165, 1.54) is 5.06 Å². The topological polar surface area (TPSA) is 23.5 Å². The Bertz CT molecular complexity index is 42.7. The van der Waals surface area contributed by atoms with Crippen molar-refractivity contribution in [2.75, 3.05) is 18.8 Å². The Hall–Kier alpha value is 0.270. The second kappa shape index (κ2) is 4.43. The molecule has 3 heteroatoms. The molecule has 0 fully saturated rings. The lowest BCUT2D eigenvalue weighted by atomic mass is 10.6. The first-order valence-corrected chi connectivity index (χ1v) is 2.99. The number of hydrogen-bond donors (Lipinski definition) is 2. The summed E-state index contributed by atoms with van der Waals surface area (Å²) in [5.74, 6) is 0.713. The number of thiol groups is 1. The fraction of sp³-hybridized carbons (Fsp3) is 1.00. The van der Waals surface area contributed by atoms with Crippen LogP contribution in [0.3, 0.4) is 0 Å². The van der Waals surface area contributed by atoms with Crippen molar-refractivity contribution in [2.45, 2.75) is 6.92 Å². The summed E-state index contributed by atoms with van der Waals surface area (Å²) in [6.45, 7) is 3.23. The molecule has 0 aliphatic rings. The van der Waals surface area contributed by atoms with Crippen molar-refractivity contribution in [3.05, 3.63) is 0 Å². The fourth-order valence-corrected chi connectivity index (χ4v) is 0.504. The van der Waals surface area contributed by atoms with E-state index in [1.54, 1.807) is 0 Å². The van der Waals surface area contributed by atoms with Gasteiger partial charge in [0.25, 0.3) is 0 Å². The summed E-state index contributed by atoms with van der Waals surface area (Å²) in [5.41, 5.74) is 0. The second-order valence-corrected chi connectivity index (χ2v) is 1.72. The molecule has 0 atom stereocenters. The summed E-state index contributed by atoms with van der Waals surface area (Å²) in [7, 11) is 0. The molecule has 7 heavy (non-hydrogen) atoms. The maximum absolute atomic E-state index is 8.64. The molecular formula is C4H11NOS. The zero-order valence-electron chi connectivity index (χ0n) is 4.46. The Labute approximate surface area is 49.5 Å². The second-order valence-electron chi connectivity index (χ2n) is 1.27. The van der Waals surface area contributed by atoms with Crippen molar-refractivity contribution >= 4 is 12.6 Å². The van der Waals surface area contributed by atoms with Crippen LogP contribution in [-0.2, 0) is 0 Å². The molecule has 1 N–H and O–H groups in total. The molecule has 44 valence electrons. The predicted molar refractivity (Wildman–Crippen MR) is 32.9 cm³/mol. The third kappa shape index (κ3) is 4.12. The van der Waals surface area contributed by atoms with Crippen molar-refractivity contribution in [1.82, 2.24) is 5.06 Å². The van der Waals surface area contributed by atoms with Gasteiger partial charge in [0, 0.05) is 18.8 Å². The number of hydroxylamine groups is 2. The van der Waals surface area contributed by atoms with Crippen LogP contribution in [0.2, 0.25) is 0 Å². The van der Waals surface area contributed by atoms with Gasteiger partial charge in [-0.15, -0.1) is 0 Å². The van der Waals surface area contributed by atoms with Crippen LogP contribution in [-0.4, -0.2) is 29.1 Å². The minimum absolute atomic E-state index is 0.652. The zero-order chi connectivity index (χ0) is 5.70. The first-order valence-electron chi connectivity index (χ1n) is 2.36. The van der Waals surface area contributed by atoms with Crippen molar-refractivity contribution < 1.29 is 5.21 Å². The zero-order valence-corrected chi connectivity index (χ0v) is 5.36. The van der Waals surface area contributed by atoms with Crippen LogP contribution < -0.4 is 0 Å². The molecule has 0 radical (unpaired) electrons. The van der Waals surface area contributed by atoms with E-state index in [4.69, 9.17) is 5.21 Å². The van der Waals surface area contributed by atoms with E-state index in [0.29, 0.717) is 18.8 Å². The average Bonchev–Trinajstić information content (AvgIpc) is 1.68. The summed E-state index contributed by atoms with van der Waals surface area (Å²) < 4.78 is 0. The van der Waals surface area contributed by atoms with E-state index in [-0.39, 0.29) is 0 Å². The highest BCUT2D eigenvalue weighted by Crippen LogP contribution is 1.79. The highest BCUT2D eigenvalue weighted by molar-refractivity contribution is 7.80. The summed E-state index contributed by atoms with van der Waals surface area (Å²) in [6.07, 6.45) is 0. The lowest BCUT2D eigenvalue weighted by Gasteiger charge is -2.07. The summed E-state index contributed by atoms with van der Waals surface area (Å²) in [4.78, 5) is 0. The number of rotatable bonds is 3. The molecule has 0 aliphatic carbocycles. The van der Waals surface area contributed by atoms with Gasteiger partial charge in [0.15, 0.2) is 0 Å². The molecule has 2 nitrogen and oxygen atoms in total. The molecule has 0 saturated heterocycles. The van der Waals surface area contributed by atoms with Crippen LogP contribution >= 0.6 is 12.6 Å². The largest absolute Gasteiger partial charge is 0.314 e. The van der Waals surface area contributed by atoms with Gasteiger partial charge in [-0.1, -0.05) is 6.92 Å². The lowest BCUT2D eigenvalue weighted by molar-refractivity contribution is -0.0802. The Morgan fingerprint density at radius 1 is 1.71 bits per heavy atom. The molecule has 0 saturated carbocycles. The Morgan fingerprint density at radius 2 is 2.29 bits per heavy atom. The molecule has 0 aliphatic heterocycles. The van der Waals surface area contributed by atoms with Gasteiger partial charge in [-0.05, 0) is 0 Å². The van der Waals surface area contributed by atoms with Gasteiger partial charge in [-0.25, -0.2) is 0 Å². The Morgan fingerprint density at radius 3 is 2.43 bits per heavy atom. The van der Waals surface area contributed by atoms with Crippen LogP contribution in [0.25, 0.3) is 0 Å². The third-order valence-corrected chi connectivity index (χ3v) is 0.923. The number of hydrogen-bond acceptors (Lipinski definition) is 3. The van der Waals surface area contributed by atoms with Gasteiger partial charge < -0.3 is 5.21 Å². The average molecular weight is 121 g/mol. The molecule has 0 heterocycles. The summed E-state index contributed by atoms with van der Waals surface area (Å²) >= 11 is 3.91. The van der Waals surface area contributed by atoms with Gasteiger partial charge in [0.05, 0.1) is 0 Å². The molecule has 0 unspecified atom stereocenters. The highest BCUT2D eigenvalue weighted by atomic mass is 32.1. The van der Waals surface area contributed by atoms with E-state index in [0.717, 1.165) is 0 Å². The molecule has 0 aromatic carbocycles. The van der Waals surface area contributed by atoms with Crippen LogP contribution in [0.5, 0.6) is 0 Å². The maximum atomic E-state index is 8.64. The molecule has 0 amide bonds. The first-order chi connectivity index (χ1) is 3.31. The van der Waals surface area contributed by atoms with Crippen molar-refractivity contribution in [3.63, 3.8) is 0 Å². The van der Waals surface area contributed by atoms with Gasteiger partial charge >= 0.3 is 0 Å². The molecule has 0 aromatic rings. The van der Waals surface area contributed by atoms with Gasteiger partial charge in [-0.3, -0.25) is 0 Å². The van der Waals surface area contributed by atoms with E-state index in [2.05, 4.69) is 12.6 Å². The monoisotopic (exact) mass is 121 g/mol. The summed E-state index contributed by atoms with van der Waals surface area (Å²) in [6, 6.07) is 0. The van der Waals surface area contributed by atoms with Crippen LogP contribution in [0.15, 0.2) is 0 Å². The van der Waals surface area contributed by atoms with Crippen molar-refractivity contribution in [3.8, 4) is 0 Å². The standard InChI is InChI=1S/C4H11NOS/c1-2-5(6)3-4-7/h6-7H,2-4H2,1H3. The van der Waals surface area contributed by atoms with Crippen LogP contribution in [0, 0.1) is 0 Å². The van der Waals surface area contributed by atoms with Gasteiger partial charge in [-0.2, -0.15) is 17.7 Å². The van der Waals surface area contributed by atoms with E-state index >= 15 is 0 Å². The normalized spacial score (nSPS) is 10.3. The molecule has 0 spiro atoms. The van der Waals surface area contributed by atoms with Gasteiger partial charge in [0.2, 0.25) is 0 Å². The minimum atomic E-state index is 0.652. The lowest BCUT2D eigenvalue weighted by Crippen LogP contribution is -2.20. The minimum Gasteiger partial charge on any atom is -0.314 e. The van der Waals surface area contributed by atoms with Crippen molar-refractivity contribution in [1.29, 1.82) is 0 Å². The van der Waals surface area contributed by atoms with E-state index < -0.39 is 0 Å². The third-order valence-electron chi connectivity index (χ3n) is 0.723. The first kappa shape index (κ1) is 7.27. The fourth-order valence-electron chi connectivity index (χ4n) is 0.274. The molecule has 0 aromatic heterocycles. The van der Waals surface area contributed by atoms with E-state index in [1.807, 2.05) is 6.92 Å². The van der Waals surface area contributed by atoms with Crippen molar-refractivity contribution in [2.24, 2.45) is 0 Å². The molecule has 0 bridgehead atoms. The molecular weight excluding hydrogens is 110 g/mol. The maximum Gasteiger partial charge on any atom is 0.0326 e. The quantitative estimate of drug-likeness (QED) is 0.422. The number of nitrogens with zero attached hydrogens (tertiary/aromatic N) is 1. The Kier molecular flexibility index (Phi) is 4.60. The molecule has 0 rings (SSSR count). The summed E-state index contributed by atoms with van der Waals surface area (Å²) in [5, 5.41) is 9.87. The SMILES string of the molecule is CCN(O)CCS. The smallest absolute Gasteiger partial charge is 0.0326 e. The Balaban J connectivity index is 2.83. The van der Waals surface area contributed by atoms with Gasteiger partial charge in [0.1, 0.15) is 0 Å². The van der Waals surface area contributed by atoms with Crippen LogP contribution in [0.1, 0.15) is 6.92 Å². The highest BCUT2D eigenvalue weighted by Gasteiger charge is 1.89. The van der Waals surface area contributed by atoms with Crippen LogP contribution in [0.4, 0.5) is 0 Å². The van der Waals surface area contributed by atoms with E-state index in [9.17, 15) is 0 Å².